The first-order chi connectivity index (χ1) is 20.1. The van der Waals surface area contributed by atoms with Crippen molar-refractivity contribution in [1.82, 2.24) is 0 Å². The van der Waals surface area contributed by atoms with Crippen LogP contribution in [-0.4, -0.2) is 86.3 Å². The number of hydrogen-bond donors (Lipinski definition) is 0. The van der Waals surface area contributed by atoms with Crippen molar-refractivity contribution in [3.05, 3.63) is 0 Å². The molecule has 0 aliphatic heterocycles. The summed E-state index contributed by atoms with van der Waals surface area (Å²) in [6.45, 7) is 4.51. The van der Waals surface area contributed by atoms with Crippen molar-refractivity contribution in [3.63, 3.8) is 0 Å². The zero-order valence-corrected chi connectivity index (χ0v) is 34.7. The van der Waals surface area contributed by atoms with Crippen LogP contribution < -0.4 is 0 Å². The van der Waals surface area contributed by atoms with Gasteiger partial charge in [0.1, 0.15) is 0 Å². The van der Waals surface area contributed by atoms with E-state index in [1.54, 1.807) is 0 Å². The Hall–Kier alpha value is 1.39. The first kappa shape index (κ1) is 48.8. The second-order valence-corrected chi connectivity index (χ2v) is 15.5. The van der Waals surface area contributed by atoms with Crippen molar-refractivity contribution in [3.8, 4) is 0 Å². The minimum Gasteiger partial charge on any atom is -0.748 e. The molecule has 43 heavy (non-hydrogen) atoms. The summed E-state index contributed by atoms with van der Waals surface area (Å²) < 4.78 is 62.5. The molecule has 0 amide bonds. The minimum atomic E-state index is -3.99. The van der Waals surface area contributed by atoms with E-state index in [0.29, 0.717) is 12.8 Å². The van der Waals surface area contributed by atoms with Gasteiger partial charge in [0, 0.05) is 11.5 Å². The van der Waals surface area contributed by atoms with Crippen LogP contribution in [0.4, 0.5) is 0 Å². The fourth-order valence-corrected chi connectivity index (χ4v) is 6.42. The predicted molar refractivity (Wildman–Crippen MR) is 185 cm³/mol. The Morgan fingerprint density at radius 1 is 0.302 bits per heavy atom. The summed E-state index contributed by atoms with van der Waals surface area (Å²) in [6.07, 6.45) is 37.2. The molecule has 0 fully saturated rings. The van der Waals surface area contributed by atoms with E-state index in [-0.39, 0.29) is 60.4 Å². The largest absolute Gasteiger partial charge is 2.00 e. The summed E-state index contributed by atoms with van der Waals surface area (Å²) in [7, 11) is -7.98. The topological polar surface area (TPSA) is 114 Å². The molecule has 0 heterocycles. The Labute approximate surface area is 310 Å². The molecule has 0 aliphatic rings. The van der Waals surface area contributed by atoms with Gasteiger partial charge in [-0.25, -0.2) is 16.8 Å². The van der Waals surface area contributed by atoms with Crippen molar-refractivity contribution in [2.24, 2.45) is 0 Å². The molecule has 256 valence electrons. The van der Waals surface area contributed by atoms with Crippen LogP contribution in [0.2, 0.25) is 0 Å². The molecule has 0 aromatic rings. The smallest absolute Gasteiger partial charge is 0.748 e. The van der Waals surface area contributed by atoms with Crippen LogP contribution in [0.15, 0.2) is 0 Å². The molecule has 0 saturated carbocycles. The van der Waals surface area contributed by atoms with Crippen molar-refractivity contribution in [1.29, 1.82) is 0 Å². The maximum absolute atomic E-state index is 10.4. The molecule has 0 saturated heterocycles. The Morgan fingerprint density at radius 2 is 0.442 bits per heavy atom. The minimum absolute atomic E-state index is 0. The average molecular weight is 776 g/mol. The summed E-state index contributed by atoms with van der Waals surface area (Å²) >= 11 is 0. The average Bonchev–Trinajstić information content (AvgIpc) is 2.92. The second-order valence-electron chi connectivity index (χ2n) is 12.4. The quantitative estimate of drug-likeness (QED) is 0.0382. The monoisotopic (exact) mass is 776 g/mol. The zero-order chi connectivity index (χ0) is 31.6. The fraction of sp³-hybridized carbons (Fsp3) is 1.00. The molecular weight excluding hydrogens is 706 g/mol. The third-order valence-corrected chi connectivity index (χ3v) is 9.57. The molecule has 0 N–H and O–H groups in total. The molecule has 6 nitrogen and oxygen atoms in total. The molecule has 0 atom stereocenters. The Balaban J connectivity index is -0.000000727. The van der Waals surface area contributed by atoms with Crippen molar-refractivity contribution < 1.29 is 25.9 Å². The van der Waals surface area contributed by atoms with Gasteiger partial charge < -0.3 is 9.11 Å². The van der Waals surface area contributed by atoms with Gasteiger partial charge >= 0.3 is 48.9 Å². The van der Waals surface area contributed by atoms with E-state index in [4.69, 9.17) is 0 Å². The predicted octanol–water partition coefficient (Wildman–Crippen LogP) is 10.4. The van der Waals surface area contributed by atoms with Crippen LogP contribution in [0.5, 0.6) is 0 Å². The van der Waals surface area contributed by atoms with Gasteiger partial charge in [-0.15, -0.1) is 0 Å². The van der Waals surface area contributed by atoms with Crippen LogP contribution in [-0.2, 0) is 20.2 Å². The molecule has 0 bridgehead atoms. The van der Waals surface area contributed by atoms with Gasteiger partial charge in [-0.05, 0) is 12.8 Å². The molecule has 0 rings (SSSR count). The maximum atomic E-state index is 10.4. The van der Waals surface area contributed by atoms with E-state index in [9.17, 15) is 25.9 Å². The standard InChI is InChI=1S/2C17H36O3S.Ba/c2*1-2-3-4-5-6-7-8-9-10-11-12-13-14-15-16-17-21(18,19)20;/h2*2-17H2,1H3,(H,18,19,20);/q;;+2/p-2. The first-order valence-corrected chi connectivity index (χ1v) is 21.1. The summed E-state index contributed by atoms with van der Waals surface area (Å²) in [5.74, 6) is -0.378. The number of unbranched alkanes of at least 4 members (excludes halogenated alkanes) is 28. The number of hydrogen-bond acceptors (Lipinski definition) is 6. The fourth-order valence-electron chi connectivity index (χ4n) is 5.30. The van der Waals surface area contributed by atoms with Crippen molar-refractivity contribution in [2.75, 3.05) is 11.5 Å². The second kappa shape index (κ2) is 37.8. The van der Waals surface area contributed by atoms with Crippen LogP contribution in [0.1, 0.15) is 206 Å². The summed E-state index contributed by atoms with van der Waals surface area (Å²) in [4.78, 5) is 0. The molecule has 0 aromatic heterocycles. The Bertz CT molecular complexity index is 667. The van der Waals surface area contributed by atoms with E-state index in [0.717, 1.165) is 25.7 Å². The van der Waals surface area contributed by atoms with E-state index in [2.05, 4.69) is 13.8 Å². The van der Waals surface area contributed by atoms with Crippen molar-refractivity contribution in [2.45, 2.75) is 206 Å². The summed E-state index contributed by atoms with van der Waals surface area (Å²) in [5, 5.41) is 0. The normalized spacial score (nSPS) is 11.6. The van der Waals surface area contributed by atoms with Gasteiger partial charge in [0.15, 0.2) is 0 Å². The zero-order valence-electron chi connectivity index (χ0n) is 28.6. The van der Waals surface area contributed by atoms with Crippen LogP contribution in [0.25, 0.3) is 0 Å². The van der Waals surface area contributed by atoms with Crippen LogP contribution >= 0.6 is 0 Å². The molecule has 0 unspecified atom stereocenters. The van der Waals surface area contributed by atoms with E-state index in [1.165, 1.54) is 154 Å². The number of rotatable bonds is 32. The molecule has 0 spiro atoms. The van der Waals surface area contributed by atoms with Gasteiger partial charge in [0.2, 0.25) is 0 Å². The van der Waals surface area contributed by atoms with Gasteiger partial charge in [0.25, 0.3) is 0 Å². The molecule has 9 heteroatoms. The summed E-state index contributed by atoms with van der Waals surface area (Å²) in [5.41, 5.74) is 0. The first-order valence-electron chi connectivity index (χ1n) is 18.0. The molecular formula is C34H70BaO6S2. The van der Waals surface area contributed by atoms with E-state index >= 15 is 0 Å². The Morgan fingerprint density at radius 3 is 0.581 bits per heavy atom. The Kier molecular flexibility index (Phi) is 42.9. The third-order valence-electron chi connectivity index (χ3n) is 8.00. The third kappa shape index (κ3) is 53.2. The van der Waals surface area contributed by atoms with Gasteiger partial charge in [0.05, 0.1) is 20.2 Å². The SMILES string of the molecule is CCCCCCCCCCCCCCCCCS(=O)(=O)[O-].CCCCCCCCCCCCCCCCCS(=O)(=O)[O-].[Ba+2]. The van der Waals surface area contributed by atoms with E-state index in [1.807, 2.05) is 0 Å². The maximum Gasteiger partial charge on any atom is 2.00 e. The van der Waals surface area contributed by atoms with Gasteiger partial charge in [-0.1, -0.05) is 194 Å². The van der Waals surface area contributed by atoms with Crippen molar-refractivity contribution >= 4 is 69.1 Å². The van der Waals surface area contributed by atoms with Crippen LogP contribution in [0.3, 0.4) is 0 Å². The molecule has 0 radical (unpaired) electrons. The van der Waals surface area contributed by atoms with Gasteiger partial charge in [-0.2, -0.15) is 0 Å². The van der Waals surface area contributed by atoms with Crippen LogP contribution in [0, 0.1) is 0 Å². The molecule has 0 aromatic carbocycles. The molecule has 0 aliphatic carbocycles. The summed E-state index contributed by atoms with van der Waals surface area (Å²) in [6, 6.07) is 0. The van der Waals surface area contributed by atoms with E-state index < -0.39 is 20.2 Å². The van der Waals surface area contributed by atoms with Gasteiger partial charge in [-0.3, -0.25) is 0 Å².